The molecule has 1 unspecified atom stereocenters. The molecule has 0 saturated heterocycles. The fourth-order valence-corrected chi connectivity index (χ4v) is 1.79. The lowest BCUT2D eigenvalue weighted by molar-refractivity contribution is -0.145. The highest BCUT2D eigenvalue weighted by molar-refractivity contribution is 9.10. The SMILES string of the molecule is CN(C=O)C(C(=O)O)c1ccccc1Br. The van der Waals surface area contributed by atoms with Crippen LogP contribution in [0.1, 0.15) is 11.6 Å². The molecule has 0 radical (unpaired) electrons. The van der Waals surface area contributed by atoms with E-state index in [1.165, 1.54) is 7.05 Å². The van der Waals surface area contributed by atoms with Gasteiger partial charge in [0, 0.05) is 11.5 Å². The number of amides is 1. The van der Waals surface area contributed by atoms with Crippen molar-refractivity contribution in [3.63, 3.8) is 0 Å². The van der Waals surface area contributed by atoms with Gasteiger partial charge in [0.2, 0.25) is 6.41 Å². The minimum Gasteiger partial charge on any atom is -0.479 e. The molecule has 0 aliphatic rings. The smallest absolute Gasteiger partial charge is 0.331 e. The van der Waals surface area contributed by atoms with Gasteiger partial charge in [-0.05, 0) is 11.6 Å². The highest BCUT2D eigenvalue weighted by Crippen LogP contribution is 2.26. The molecule has 15 heavy (non-hydrogen) atoms. The van der Waals surface area contributed by atoms with Crippen LogP contribution in [-0.2, 0) is 9.59 Å². The molecular weight excluding hydrogens is 262 g/mol. The van der Waals surface area contributed by atoms with Crippen LogP contribution in [0.15, 0.2) is 28.7 Å². The van der Waals surface area contributed by atoms with Crippen LogP contribution in [0, 0.1) is 0 Å². The van der Waals surface area contributed by atoms with E-state index in [1.54, 1.807) is 24.3 Å². The molecule has 0 saturated carbocycles. The molecule has 1 aromatic rings. The second kappa shape index (κ2) is 4.93. The van der Waals surface area contributed by atoms with E-state index in [0.29, 0.717) is 16.4 Å². The van der Waals surface area contributed by atoms with Crippen LogP contribution >= 0.6 is 15.9 Å². The monoisotopic (exact) mass is 271 g/mol. The van der Waals surface area contributed by atoms with E-state index in [2.05, 4.69) is 15.9 Å². The van der Waals surface area contributed by atoms with Gasteiger partial charge in [0.05, 0.1) is 0 Å². The molecule has 0 bridgehead atoms. The number of carbonyl (C=O) groups excluding carboxylic acids is 1. The number of carbonyl (C=O) groups is 2. The topological polar surface area (TPSA) is 57.6 Å². The molecule has 5 heteroatoms. The number of aliphatic carboxylic acids is 1. The van der Waals surface area contributed by atoms with Crippen LogP contribution in [0.3, 0.4) is 0 Å². The van der Waals surface area contributed by atoms with Gasteiger partial charge in [-0.1, -0.05) is 34.1 Å². The zero-order valence-electron chi connectivity index (χ0n) is 8.05. The fourth-order valence-electron chi connectivity index (χ4n) is 1.28. The van der Waals surface area contributed by atoms with Crippen LogP contribution in [0.5, 0.6) is 0 Å². The Morgan fingerprint density at radius 1 is 1.53 bits per heavy atom. The van der Waals surface area contributed by atoms with Crippen molar-refractivity contribution in [3.8, 4) is 0 Å². The average Bonchev–Trinajstić information content (AvgIpc) is 2.20. The fraction of sp³-hybridized carbons (Fsp3) is 0.200. The summed E-state index contributed by atoms with van der Waals surface area (Å²) in [4.78, 5) is 22.7. The van der Waals surface area contributed by atoms with Crippen LogP contribution in [-0.4, -0.2) is 29.4 Å². The summed E-state index contributed by atoms with van der Waals surface area (Å²) in [7, 11) is 1.44. The number of likely N-dealkylation sites (N-methyl/N-ethyl adjacent to an activating group) is 1. The van der Waals surface area contributed by atoms with Crippen molar-refractivity contribution < 1.29 is 14.7 Å². The maximum absolute atomic E-state index is 11.0. The molecular formula is C10H10BrNO3. The highest BCUT2D eigenvalue weighted by atomic mass is 79.9. The predicted molar refractivity (Wildman–Crippen MR) is 58.3 cm³/mol. The van der Waals surface area contributed by atoms with E-state index in [1.807, 2.05) is 0 Å². The Kier molecular flexibility index (Phi) is 3.85. The summed E-state index contributed by atoms with van der Waals surface area (Å²) in [6.07, 6.45) is 0.498. The van der Waals surface area contributed by atoms with Gasteiger partial charge < -0.3 is 10.0 Å². The summed E-state index contributed by atoms with van der Waals surface area (Å²) in [6.45, 7) is 0. The van der Waals surface area contributed by atoms with Crippen molar-refractivity contribution in [1.29, 1.82) is 0 Å². The van der Waals surface area contributed by atoms with E-state index >= 15 is 0 Å². The van der Waals surface area contributed by atoms with Gasteiger partial charge in [-0.3, -0.25) is 4.79 Å². The van der Waals surface area contributed by atoms with Gasteiger partial charge in [0.15, 0.2) is 6.04 Å². The maximum Gasteiger partial charge on any atom is 0.331 e. The second-order valence-electron chi connectivity index (χ2n) is 3.03. The van der Waals surface area contributed by atoms with Crippen LogP contribution in [0.25, 0.3) is 0 Å². The molecule has 0 fully saturated rings. The van der Waals surface area contributed by atoms with E-state index in [-0.39, 0.29) is 0 Å². The Morgan fingerprint density at radius 2 is 2.13 bits per heavy atom. The lowest BCUT2D eigenvalue weighted by atomic mass is 10.1. The van der Waals surface area contributed by atoms with Crippen molar-refractivity contribution in [2.45, 2.75) is 6.04 Å². The number of halogens is 1. The molecule has 0 aromatic heterocycles. The van der Waals surface area contributed by atoms with Crippen LogP contribution in [0.4, 0.5) is 0 Å². The largest absolute Gasteiger partial charge is 0.479 e. The maximum atomic E-state index is 11.0. The molecule has 1 aromatic carbocycles. The lowest BCUT2D eigenvalue weighted by Gasteiger charge is -2.21. The van der Waals surface area contributed by atoms with E-state index in [0.717, 1.165) is 4.90 Å². The Bertz CT molecular complexity index is 381. The van der Waals surface area contributed by atoms with Crippen LogP contribution in [0.2, 0.25) is 0 Å². The molecule has 1 amide bonds. The normalized spacial score (nSPS) is 11.9. The number of benzene rings is 1. The van der Waals surface area contributed by atoms with E-state index < -0.39 is 12.0 Å². The first-order valence-corrected chi connectivity index (χ1v) is 5.01. The average molecular weight is 272 g/mol. The number of rotatable bonds is 4. The third-order valence-corrected chi connectivity index (χ3v) is 2.73. The molecule has 1 atom stereocenters. The summed E-state index contributed by atoms with van der Waals surface area (Å²) in [6, 6.07) is 5.97. The zero-order chi connectivity index (χ0) is 11.4. The first-order chi connectivity index (χ1) is 7.07. The van der Waals surface area contributed by atoms with Gasteiger partial charge >= 0.3 is 5.97 Å². The number of nitrogens with zero attached hydrogens (tertiary/aromatic N) is 1. The van der Waals surface area contributed by atoms with Crippen molar-refractivity contribution in [3.05, 3.63) is 34.3 Å². The third kappa shape index (κ3) is 2.56. The molecule has 1 N–H and O–H groups in total. The minimum absolute atomic E-state index is 0.498. The second-order valence-corrected chi connectivity index (χ2v) is 3.89. The van der Waals surface area contributed by atoms with E-state index in [9.17, 15) is 9.59 Å². The summed E-state index contributed by atoms with van der Waals surface area (Å²) < 4.78 is 0.672. The third-order valence-electron chi connectivity index (χ3n) is 2.01. The minimum atomic E-state index is -1.06. The molecule has 0 spiro atoms. The number of carboxylic acid groups (broad SMARTS) is 1. The number of hydrogen-bond donors (Lipinski definition) is 1. The zero-order valence-corrected chi connectivity index (χ0v) is 9.64. The summed E-state index contributed by atoms with van der Waals surface area (Å²) in [5.41, 5.74) is 0.555. The Hall–Kier alpha value is -1.36. The number of carboxylic acids is 1. The van der Waals surface area contributed by atoms with Gasteiger partial charge in [-0.15, -0.1) is 0 Å². The Morgan fingerprint density at radius 3 is 2.60 bits per heavy atom. The standard InChI is InChI=1S/C10H10BrNO3/c1-12(6-13)9(10(14)15)7-4-2-3-5-8(7)11/h2-6,9H,1H3,(H,14,15). The first kappa shape index (κ1) is 11.7. The van der Waals surface area contributed by atoms with Crippen molar-refractivity contribution in [2.24, 2.45) is 0 Å². The summed E-state index contributed by atoms with van der Waals surface area (Å²) >= 11 is 3.26. The molecule has 80 valence electrons. The molecule has 1 rings (SSSR count). The molecule has 0 heterocycles. The quantitative estimate of drug-likeness (QED) is 0.848. The number of hydrogen-bond acceptors (Lipinski definition) is 2. The highest BCUT2D eigenvalue weighted by Gasteiger charge is 2.25. The molecule has 0 aliphatic carbocycles. The summed E-state index contributed by atoms with van der Waals surface area (Å²) in [5.74, 6) is -1.06. The van der Waals surface area contributed by atoms with Crippen molar-refractivity contribution >= 4 is 28.3 Å². The van der Waals surface area contributed by atoms with Gasteiger partial charge in [0.1, 0.15) is 0 Å². The van der Waals surface area contributed by atoms with Gasteiger partial charge in [-0.2, -0.15) is 0 Å². The Balaban J connectivity index is 3.15. The van der Waals surface area contributed by atoms with Crippen LogP contribution < -0.4 is 0 Å². The van der Waals surface area contributed by atoms with Crippen molar-refractivity contribution in [1.82, 2.24) is 4.90 Å². The first-order valence-electron chi connectivity index (χ1n) is 4.22. The molecule has 4 nitrogen and oxygen atoms in total. The van der Waals surface area contributed by atoms with Crippen molar-refractivity contribution in [2.75, 3.05) is 7.05 Å². The van der Waals surface area contributed by atoms with Gasteiger partial charge in [0.25, 0.3) is 0 Å². The van der Waals surface area contributed by atoms with Gasteiger partial charge in [-0.25, -0.2) is 4.79 Å². The van der Waals surface area contributed by atoms with E-state index in [4.69, 9.17) is 5.11 Å². The lowest BCUT2D eigenvalue weighted by Crippen LogP contribution is -2.29. The Labute approximate surface area is 95.6 Å². The summed E-state index contributed by atoms with van der Waals surface area (Å²) in [5, 5.41) is 9.03. The molecule has 0 aliphatic heterocycles. The predicted octanol–water partition coefficient (Wildman–Crippen LogP) is 1.66.